The van der Waals surface area contributed by atoms with Crippen LogP contribution in [0.15, 0.2) is 54.6 Å². The van der Waals surface area contributed by atoms with Gasteiger partial charge in [-0.3, -0.25) is 0 Å². The lowest BCUT2D eigenvalue weighted by Gasteiger charge is -2.21. The highest BCUT2D eigenvalue weighted by Crippen LogP contribution is 2.15. The number of hydrogen-bond acceptors (Lipinski definition) is 4. The third kappa shape index (κ3) is 6.19. The van der Waals surface area contributed by atoms with Gasteiger partial charge in [0.2, 0.25) is 0 Å². The van der Waals surface area contributed by atoms with E-state index in [4.69, 9.17) is 9.47 Å². The summed E-state index contributed by atoms with van der Waals surface area (Å²) < 4.78 is 11.4. The fourth-order valence-electron chi connectivity index (χ4n) is 1.96. The minimum absolute atomic E-state index is 0.378. The first-order valence-corrected chi connectivity index (χ1v) is 9.09. The van der Waals surface area contributed by atoms with E-state index in [9.17, 15) is 9.59 Å². The highest BCUT2D eigenvalue weighted by atomic mass is 127. The summed E-state index contributed by atoms with van der Waals surface area (Å²) >= 11 is 2.04. The Morgan fingerprint density at radius 1 is 1.00 bits per heavy atom. The molecule has 0 spiro atoms. The minimum Gasteiger partial charge on any atom is -0.456 e. The van der Waals surface area contributed by atoms with Gasteiger partial charge in [-0.1, -0.05) is 36.3 Å². The molecule has 0 aliphatic carbocycles. The highest BCUT2D eigenvalue weighted by Gasteiger charge is 2.28. The van der Waals surface area contributed by atoms with Crippen molar-refractivity contribution < 1.29 is 19.1 Å². The van der Waals surface area contributed by atoms with Gasteiger partial charge in [-0.05, 0) is 73.5 Å². The molecule has 134 valence electrons. The second-order valence-electron chi connectivity index (χ2n) is 6.43. The Bertz CT molecular complexity index is 842. The molecule has 2 aromatic carbocycles. The monoisotopic (exact) mass is 462 g/mol. The summed E-state index contributed by atoms with van der Waals surface area (Å²) in [5.74, 6) is 4.25. The van der Waals surface area contributed by atoms with E-state index in [1.165, 1.54) is 0 Å². The Morgan fingerprint density at radius 3 is 2.23 bits per heavy atom. The molecule has 0 heterocycles. The van der Waals surface area contributed by atoms with Gasteiger partial charge in [0.1, 0.15) is 5.60 Å². The molecule has 4 nitrogen and oxygen atoms in total. The molecule has 0 fully saturated rings. The zero-order valence-corrected chi connectivity index (χ0v) is 16.9. The van der Waals surface area contributed by atoms with E-state index in [2.05, 4.69) is 11.8 Å². The van der Waals surface area contributed by atoms with Crippen LogP contribution in [-0.2, 0) is 14.3 Å². The van der Waals surface area contributed by atoms with Crippen molar-refractivity contribution in [3.05, 3.63) is 69.3 Å². The first-order chi connectivity index (χ1) is 12.3. The van der Waals surface area contributed by atoms with Crippen LogP contribution in [-0.4, -0.2) is 23.6 Å². The van der Waals surface area contributed by atoms with Crippen molar-refractivity contribution in [3.8, 4) is 11.8 Å². The first kappa shape index (κ1) is 20.0. The zero-order valence-electron chi connectivity index (χ0n) is 14.8. The number of ether oxygens (including phenoxy) is 2. The van der Waals surface area contributed by atoms with Gasteiger partial charge in [0, 0.05) is 9.13 Å². The fraction of sp³-hybridized carbons (Fsp3) is 0.238. The maximum Gasteiger partial charge on any atom is 0.360 e. The van der Waals surface area contributed by atoms with Gasteiger partial charge < -0.3 is 9.47 Å². The standard InChI is InChI=1S/C21H19IO4/c1-21(2,3)26-20(24)18(14-13-15-9-5-4-6-10-15)25-19(23)16-11-7-8-12-17(16)22/h4-12,18H,1-3H3. The second kappa shape index (κ2) is 8.86. The molecule has 2 aromatic rings. The van der Waals surface area contributed by atoms with E-state index >= 15 is 0 Å². The van der Waals surface area contributed by atoms with Crippen molar-refractivity contribution in [1.82, 2.24) is 0 Å². The van der Waals surface area contributed by atoms with Gasteiger partial charge in [0.05, 0.1) is 5.56 Å². The quantitative estimate of drug-likeness (QED) is 0.390. The number of esters is 2. The Kier molecular flexibility index (Phi) is 6.81. The summed E-state index contributed by atoms with van der Waals surface area (Å²) in [6.45, 7) is 5.23. The van der Waals surface area contributed by atoms with Crippen molar-refractivity contribution in [2.45, 2.75) is 32.5 Å². The van der Waals surface area contributed by atoms with Crippen molar-refractivity contribution in [1.29, 1.82) is 0 Å². The maximum atomic E-state index is 12.5. The normalized spacial score (nSPS) is 11.7. The Labute approximate surface area is 167 Å². The predicted octanol–water partition coefficient (Wildman–Crippen LogP) is 4.21. The Hall–Kier alpha value is -2.33. The van der Waals surface area contributed by atoms with Crippen molar-refractivity contribution >= 4 is 34.5 Å². The molecule has 0 aromatic heterocycles. The molecule has 2 rings (SSSR count). The summed E-state index contributed by atoms with van der Waals surface area (Å²) in [4.78, 5) is 24.9. The predicted molar refractivity (Wildman–Crippen MR) is 108 cm³/mol. The molecule has 0 saturated carbocycles. The summed E-state index contributed by atoms with van der Waals surface area (Å²) in [5.41, 5.74) is 0.381. The van der Waals surface area contributed by atoms with E-state index in [1.54, 1.807) is 51.1 Å². The lowest BCUT2D eigenvalue weighted by molar-refractivity contribution is -0.162. The molecule has 0 bridgehead atoms. The van der Waals surface area contributed by atoms with Crippen LogP contribution < -0.4 is 0 Å². The Morgan fingerprint density at radius 2 is 1.62 bits per heavy atom. The van der Waals surface area contributed by atoms with E-state index in [0.29, 0.717) is 11.1 Å². The van der Waals surface area contributed by atoms with Crippen molar-refractivity contribution in [3.63, 3.8) is 0 Å². The average Bonchev–Trinajstić information content (AvgIpc) is 2.58. The second-order valence-corrected chi connectivity index (χ2v) is 7.60. The summed E-state index contributed by atoms with van der Waals surface area (Å²) in [5, 5.41) is 0. The van der Waals surface area contributed by atoms with Crippen LogP contribution in [0.2, 0.25) is 0 Å². The molecule has 0 amide bonds. The molecule has 0 aliphatic rings. The van der Waals surface area contributed by atoms with Crippen LogP contribution in [0.25, 0.3) is 0 Å². The van der Waals surface area contributed by atoms with E-state index < -0.39 is 23.6 Å². The molecule has 26 heavy (non-hydrogen) atoms. The number of rotatable bonds is 3. The lowest BCUT2D eigenvalue weighted by atomic mass is 10.2. The van der Waals surface area contributed by atoms with Gasteiger partial charge in [0.25, 0.3) is 6.10 Å². The van der Waals surface area contributed by atoms with E-state index in [-0.39, 0.29) is 0 Å². The largest absolute Gasteiger partial charge is 0.456 e. The zero-order chi connectivity index (χ0) is 19.2. The molecule has 0 N–H and O–H groups in total. The van der Waals surface area contributed by atoms with E-state index in [1.807, 2.05) is 46.9 Å². The van der Waals surface area contributed by atoms with Crippen LogP contribution in [0.1, 0.15) is 36.7 Å². The smallest absolute Gasteiger partial charge is 0.360 e. The van der Waals surface area contributed by atoms with Crippen LogP contribution in [0.5, 0.6) is 0 Å². The van der Waals surface area contributed by atoms with Gasteiger partial charge in [0.15, 0.2) is 0 Å². The lowest BCUT2D eigenvalue weighted by Crippen LogP contribution is -2.34. The molecule has 0 radical (unpaired) electrons. The maximum absolute atomic E-state index is 12.5. The molecular formula is C21H19IO4. The van der Waals surface area contributed by atoms with Gasteiger partial charge in [-0.2, -0.15) is 0 Å². The number of hydrogen-bond donors (Lipinski definition) is 0. The summed E-state index contributed by atoms with van der Waals surface area (Å²) in [6.07, 6.45) is -1.31. The number of halogens is 1. The molecule has 1 atom stereocenters. The van der Waals surface area contributed by atoms with E-state index in [0.717, 1.165) is 3.57 Å². The van der Waals surface area contributed by atoms with Gasteiger partial charge in [-0.15, -0.1) is 0 Å². The number of benzene rings is 2. The first-order valence-electron chi connectivity index (χ1n) is 8.01. The Balaban J connectivity index is 2.26. The van der Waals surface area contributed by atoms with Crippen LogP contribution in [0.3, 0.4) is 0 Å². The highest BCUT2D eigenvalue weighted by molar-refractivity contribution is 14.1. The minimum atomic E-state index is -1.31. The fourth-order valence-corrected chi connectivity index (χ4v) is 2.57. The third-order valence-corrected chi connectivity index (χ3v) is 4.00. The van der Waals surface area contributed by atoms with Crippen molar-refractivity contribution in [2.24, 2.45) is 0 Å². The summed E-state index contributed by atoms with van der Waals surface area (Å²) in [6, 6.07) is 16.1. The molecular weight excluding hydrogens is 443 g/mol. The summed E-state index contributed by atoms with van der Waals surface area (Å²) in [7, 11) is 0. The molecule has 1 unspecified atom stereocenters. The van der Waals surface area contributed by atoms with Crippen LogP contribution in [0.4, 0.5) is 0 Å². The third-order valence-electron chi connectivity index (χ3n) is 3.06. The van der Waals surface area contributed by atoms with Gasteiger partial charge in [-0.25, -0.2) is 9.59 Å². The topological polar surface area (TPSA) is 52.6 Å². The molecule has 5 heteroatoms. The molecule has 0 saturated heterocycles. The van der Waals surface area contributed by atoms with Crippen molar-refractivity contribution in [2.75, 3.05) is 0 Å². The number of carbonyl (C=O) groups excluding carboxylic acids is 2. The van der Waals surface area contributed by atoms with Crippen LogP contribution >= 0.6 is 22.6 Å². The average molecular weight is 462 g/mol. The van der Waals surface area contributed by atoms with Gasteiger partial charge >= 0.3 is 11.9 Å². The molecule has 0 aliphatic heterocycles. The van der Waals surface area contributed by atoms with Crippen LogP contribution in [0, 0.1) is 15.4 Å². The SMILES string of the molecule is CC(C)(C)OC(=O)C(C#Cc1ccccc1)OC(=O)c1ccccc1I. The number of carbonyl (C=O) groups is 2.